The molecule has 0 atom stereocenters. The summed E-state index contributed by atoms with van der Waals surface area (Å²) in [6, 6.07) is 9.18. The maximum absolute atomic E-state index is 6.57. The van der Waals surface area contributed by atoms with Crippen LogP contribution in [0.1, 0.15) is 20.8 Å². The second kappa shape index (κ2) is 14.2. The summed E-state index contributed by atoms with van der Waals surface area (Å²) in [6.45, 7) is 13.3. The van der Waals surface area contributed by atoms with Crippen molar-refractivity contribution in [1.29, 1.82) is 0 Å². The monoisotopic (exact) mass is 193 g/mol. The Kier molecular flexibility index (Phi) is 15.4. The lowest BCUT2D eigenvalue weighted by Gasteiger charge is -1.80. The molecule has 0 N–H and O–H groups in total. The van der Waals surface area contributed by atoms with E-state index in [2.05, 4.69) is 9.58 Å². The molecule has 0 heterocycles. The Bertz CT molecular complexity index is 224. The van der Waals surface area contributed by atoms with Crippen LogP contribution in [0.4, 0.5) is 5.69 Å². The first kappa shape index (κ1) is 15.2. The molecule has 0 aliphatic rings. The highest BCUT2D eigenvalue weighted by molar-refractivity contribution is 5.42. The van der Waals surface area contributed by atoms with Crippen LogP contribution in [0.2, 0.25) is 0 Å². The highest BCUT2D eigenvalue weighted by Crippen LogP contribution is 2.07. The number of hydrogen-bond donors (Lipinski definition) is 0. The van der Waals surface area contributed by atoms with Crippen molar-refractivity contribution < 1.29 is 4.74 Å². The first-order chi connectivity index (χ1) is 6.85. The Morgan fingerprint density at radius 3 is 1.86 bits per heavy atom. The highest BCUT2D eigenvalue weighted by Gasteiger charge is 1.79. The molecule has 1 rings (SSSR count). The van der Waals surface area contributed by atoms with E-state index in [1.165, 1.54) is 0 Å². The smallest absolute Gasteiger partial charge is 0.187 e. The SMILES string of the molecule is CC.CCOC.[C-]#[N+]c1ccccc1. The second-order valence-corrected chi connectivity index (χ2v) is 2.02. The molecule has 78 valence electrons. The fourth-order valence-electron chi connectivity index (χ4n) is 0.503. The predicted octanol–water partition coefficient (Wildman–Crippen LogP) is 3.92. The number of para-hydroxylation sites is 1. The van der Waals surface area contributed by atoms with Gasteiger partial charge in [0.1, 0.15) is 0 Å². The number of ether oxygens (including phenoxy) is 1. The van der Waals surface area contributed by atoms with Crippen molar-refractivity contribution in [3.63, 3.8) is 0 Å². The quantitative estimate of drug-likeness (QED) is 0.616. The summed E-state index contributed by atoms with van der Waals surface area (Å²) in [5.41, 5.74) is 0.701. The van der Waals surface area contributed by atoms with E-state index in [4.69, 9.17) is 6.57 Å². The second-order valence-electron chi connectivity index (χ2n) is 2.02. The van der Waals surface area contributed by atoms with Gasteiger partial charge in [-0.3, -0.25) is 0 Å². The van der Waals surface area contributed by atoms with Crippen LogP contribution in [-0.4, -0.2) is 13.7 Å². The fraction of sp³-hybridized carbons (Fsp3) is 0.417. The molecule has 2 heteroatoms. The summed E-state index contributed by atoms with van der Waals surface area (Å²) in [5.74, 6) is 0. The Morgan fingerprint density at radius 1 is 1.21 bits per heavy atom. The molecule has 0 saturated heterocycles. The molecular formula is C12H19NO. The van der Waals surface area contributed by atoms with Gasteiger partial charge in [0, 0.05) is 13.7 Å². The molecule has 0 unspecified atom stereocenters. The van der Waals surface area contributed by atoms with E-state index < -0.39 is 0 Å². The van der Waals surface area contributed by atoms with Crippen LogP contribution in [0.15, 0.2) is 30.3 Å². The van der Waals surface area contributed by atoms with Gasteiger partial charge < -0.3 is 4.74 Å². The van der Waals surface area contributed by atoms with Crippen LogP contribution in [0.25, 0.3) is 4.85 Å². The van der Waals surface area contributed by atoms with Crippen LogP contribution in [0.5, 0.6) is 0 Å². The van der Waals surface area contributed by atoms with Gasteiger partial charge in [0.05, 0.1) is 6.57 Å². The molecule has 2 nitrogen and oxygen atoms in total. The van der Waals surface area contributed by atoms with Crippen molar-refractivity contribution >= 4 is 5.69 Å². The summed E-state index contributed by atoms with van der Waals surface area (Å²) in [7, 11) is 1.68. The van der Waals surface area contributed by atoms with Gasteiger partial charge in [0.15, 0.2) is 5.69 Å². The molecule has 0 aliphatic heterocycles. The molecular weight excluding hydrogens is 174 g/mol. The molecule has 0 saturated carbocycles. The number of nitrogens with zero attached hydrogens (tertiary/aromatic N) is 1. The number of rotatable bonds is 1. The van der Waals surface area contributed by atoms with Crippen LogP contribution < -0.4 is 0 Å². The van der Waals surface area contributed by atoms with Crippen molar-refractivity contribution in [3.05, 3.63) is 41.7 Å². The molecule has 0 amide bonds. The maximum Gasteiger partial charge on any atom is 0.187 e. The van der Waals surface area contributed by atoms with Crippen LogP contribution in [0, 0.1) is 6.57 Å². The summed E-state index contributed by atoms with van der Waals surface area (Å²) < 4.78 is 4.54. The lowest BCUT2D eigenvalue weighted by atomic mass is 10.3. The summed E-state index contributed by atoms with van der Waals surface area (Å²) in [6.07, 6.45) is 0. The Hall–Kier alpha value is -1.33. The van der Waals surface area contributed by atoms with Crippen LogP contribution >= 0.6 is 0 Å². The molecule has 1 aromatic rings. The summed E-state index contributed by atoms with van der Waals surface area (Å²) >= 11 is 0. The molecule has 14 heavy (non-hydrogen) atoms. The third-order valence-electron chi connectivity index (χ3n) is 1.17. The average molecular weight is 193 g/mol. The Balaban J connectivity index is 0. The van der Waals surface area contributed by atoms with Gasteiger partial charge in [-0.25, -0.2) is 4.85 Å². The lowest BCUT2D eigenvalue weighted by Crippen LogP contribution is -1.73. The molecule has 0 fully saturated rings. The van der Waals surface area contributed by atoms with E-state index in [0.29, 0.717) is 5.69 Å². The number of benzene rings is 1. The van der Waals surface area contributed by atoms with Gasteiger partial charge in [0.25, 0.3) is 0 Å². The molecule has 0 spiro atoms. The predicted molar refractivity (Wildman–Crippen MR) is 61.6 cm³/mol. The highest BCUT2D eigenvalue weighted by atomic mass is 16.5. The maximum atomic E-state index is 6.57. The van der Waals surface area contributed by atoms with E-state index >= 15 is 0 Å². The minimum Gasteiger partial charge on any atom is -0.385 e. The van der Waals surface area contributed by atoms with Crippen molar-refractivity contribution in [2.24, 2.45) is 0 Å². The van der Waals surface area contributed by atoms with Gasteiger partial charge in [-0.15, -0.1) is 0 Å². The molecule has 0 bridgehead atoms. The molecule has 1 aromatic carbocycles. The van der Waals surface area contributed by atoms with E-state index in [1.807, 2.05) is 39.0 Å². The van der Waals surface area contributed by atoms with Crippen molar-refractivity contribution in [3.8, 4) is 0 Å². The zero-order valence-electron chi connectivity index (χ0n) is 9.45. The minimum absolute atomic E-state index is 0.701. The third kappa shape index (κ3) is 10.7. The zero-order valence-corrected chi connectivity index (χ0v) is 9.45. The van der Waals surface area contributed by atoms with E-state index in [9.17, 15) is 0 Å². The van der Waals surface area contributed by atoms with Crippen LogP contribution in [0.3, 0.4) is 0 Å². The fourth-order valence-corrected chi connectivity index (χ4v) is 0.503. The summed E-state index contributed by atoms with van der Waals surface area (Å²) in [4.78, 5) is 3.22. The van der Waals surface area contributed by atoms with Crippen molar-refractivity contribution in [2.45, 2.75) is 20.8 Å². The Morgan fingerprint density at radius 2 is 1.64 bits per heavy atom. The van der Waals surface area contributed by atoms with Gasteiger partial charge in [-0.1, -0.05) is 44.2 Å². The van der Waals surface area contributed by atoms with Crippen LogP contribution in [-0.2, 0) is 4.74 Å². The minimum atomic E-state index is 0.701. The largest absolute Gasteiger partial charge is 0.385 e. The number of hydrogen-bond acceptors (Lipinski definition) is 1. The summed E-state index contributed by atoms with van der Waals surface area (Å²) in [5, 5.41) is 0. The van der Waals surface area contributed by atoms with Crippen molar-refractivity contribution in [1.82, 2.24) is 0 Å². The van der Waals surface area contributed by atoms with E-state index in [-0.39, 0.29) is 0 Å². The van der Waals surface area contributed by atoms with Gasteiger partial charge in [0.2, 0.25) is 0 Å². The zero-order chi connectivity index (χ0) is 11.2. The standard InChI is InChI=1S/C7H5N.C3H8O.C2H6/c1-8-7-5-3-2-4-6-7;1-3-4-2;1-2/h2-6H;3H2,1-2H3;1-2H3. The average Bonchev–Trinajstić information content (AvgIpc) is 2.33. The normalized spacial score (nSPS) is 7.07. The molecule has 0 aliphatic carbocycles. The number of methoxy groups -OCH3 is 1. The first-order valence-electron chi connectivity index (χ1n) is 4.76. The van der Waals surface area contributed by atoms with E-state index in [0.717, 1.165) is 6.61 Å². The van der Waals surface area contributed by atoms with Gasteiger partial charge in [-0.2, -0.15) is 0 Å². The topological polar surface area (TPSA) is 13.6 Å². The van der Waals surface area contributed by atoms with Gasteiger partial charge in [-0.05, 0) is 6.92 Å². The molecule has 0 radical (unpaired) electrons. The molecule has 0 aromatic heterocycles. The van der Waals surface area contributed by atoms with E-state index in [1.54, 1.807) is 19.2 Å². The first-order valence-corrected chi connectivity index (χ1v) is 4.76. The Labute approximate surface area is 87.3 Å². The van der Waals surface area contributed by atoms with Crippen molar-refractivity contribution in [2.75, 3.05) is 13.7 Å². The van der Waals surface area contributed by atoms with Gasteiger partial charge >= 0.3 is 0 Å². The third-order valence-corrected chi connectivity index (χ3v) is 1.17. The lowest BCUT2D eigenvalue weighted by molar-refractivity contribution is 0.215.